The summed E-state index contributed by atoms with van der Waals surface area (Å²) in [5.41, 5.74) is 1.73. The Morgan fingerprint density at radius 1 is 1.13 bits per heavy atom. The molecule has 1 aliphatic carbocycles. The number of hydrogen-bond acceptors (Lipinski definition) is 5. The predicted octanol–water partition coefficient (Wildman–Crippen LogP) is 3.67. The van der Waals surface area contributed by atoms with Crippen molar-refractivity contribution in [3.8, 4) is 5.75 Å². The number of methoxy groups -OCH3 is 1. The van der Waals surface area contributed by atoms with Gasteiger partial charge in [-0.05, 0) is 55.5 Å². The molecule has 1 amide bonds. The lowest BCUT2D eigenvalue weighted by Crippen LogP contribution is -2.49. The van der Waals surface area contributed by atoms with Gasteiger partial charge in [-0.15, -0.1) is 0 Å². The zero-order valence-corrected chi connectivity index (χ0v) is 17.8. The van der Waals surface area contributed by atoms with E-state index >= 15 is 0 Å². The van der Waals surface area contributed by atoms with E-state index in [2.05, 4.69) is 4.98 Å². The quantitative estimate of drug-likeness (QED) is 0.642. The van der Waals surface area contributed by atoms with Crippen LogP contribution in [0.1, 0.15) is 50.1 Å². The highest BCUT2D eigenvalue weighted by Gasteiger charge is 2.45. The van der Waals surface area contributed by atoms with Gasteiger partial charge in [-0.1, -0.05) is 25.0 Å². The molecule has 0 atom stereocenters. The van der Waals surface area contributed by atoms with Crippen LogP contribution in [0.3, 0.4) is 0 Å². The highest BCUT2D eigenvalue weighted by atomic mass is 16.5. The van der Waals surface area contributed by atoms with E-state index in [1.807, 2.05) is 29.2 Å². The average Bonchev–Trinajstić information content (AvgIpc) is 3.44. The van der Waals surface area contributed by atoms with Crippen LogP contribution in [0.15, 0.2) is 51.8 Å². The Morgan fingerprint density at radius 3 is 2.52 bits per heavy atom. The molecular weight excluding hydrogens is 394 g/mol. The van der Waals surface area contributed by atoms with E-state index < -0.39 is 5.41 Å². The summed E-state index contributed by atoms with van der Waals surface area (Å²) in [6, 6.07) is 11.5. The molecule has 2 aromatic heterocycles. The third-order valence-electron chi connectivity index (χ3n) is 7.00. The minimum atomic E-state index is -0.445. The van der Waals surface area contributed by atoms with Gasteiger partial charge in [0.1, 0.15) is 5.75 Å². The van der Waals surface area contributed by atoms with Crippen molar-refractivity contribution in [2.24, 2.45) is 0 Å². The second kappa shape index (κ2) is 7.87. The molecule has 31 heavy (non-hydrogen) atoms. The number of ether oxygens (including phenoxy) is 1. The first-order valence-corrected chi connectivity index (χ1v) is 11.0. The minimum Gasteiger partial charge on any atom is -0.497 e. The Bertz CT molecular complexity index is 1130. The molecule has 162 valence electrons. The van der Waals surface area contributed by atoms with Crippen LogP contribution < -0.4 is 10.5 Å². The summed E-state index contributed by atoms with van der Waals surface area (Å²) in [5, 5.41) is 0. The van der Waals surface area contributed by atoms with Gasteiger partial charge in [-0.25, -0.2) is 9.78 Å². The molecule has 0 unspecified atom stereocenters. The number of amides is 1. The van der Waals surface area contributed by atoms with E-state index in [9.17, 15) is 9.59 Å². The largest absolute Gasteiger partial charge is 0.497 e. The summed E-state index contributed by atoms with van der Waals surface area (Å²) in [4.78, 5) is 32.5. The summed E-state index contributed by atoms with van der Waals surface area (Å²) < 4.78 is 12.3. The second-order valence-electron chi connectivity index (χ2n) is 8.60. The van der Waals surface area contributed by atoms with Crippen molar-refractivity contribution >= 4 is 17.1 Å². The highest BCUT2D eigenvalue weighted by Crippen LogP contribution is 2.43. The lowest BCUT2D eigenvalue weighted by atomic mass is 9.77. The van der Waals surface area contributed by atoms with E-state index in [4.69, 9.17) is 9.15 Å². The molecule has 1 aliphatic heterocycles. The normalized spacial score (nSPS) is 19.1. The molecule has 0 N–H and O–H groups in total. The maximum atomic E-state index is 13.7. The third kappa shape index (κ3) is 3.32. The number of oxazole rings is 1. The predicted molar refractivity (Wildman–Crippen MR) is 116 cm³/mol. The SMILES string of the molecule is COc1ccc(C2(C(=O)N3CCC(n4c(=O)oc5cccnc54)CC3)CCCC2)cc1. The van der Waals surface area contributed by atoms with Crippen molar-refractivity contribution < 1.29 is 13.9 Å². The standard InChI is InChI=1S/C24H27N3O4/c1-30-19-8-6-17(7-9-19)24(12-2-3-13-24)22(28)26-15-10-18(11-16-26)27-21-20(31-23(27)29)5-4-14-25-21/h4-9,14,18H,2-3,10-13,15-16H2,1H3. The first-order chi connectivity index (χ1) is 15.1. The monoisotopic (exact) mass is 421 g/mol. The van der Waals surface area contributed by atoms with Crippen molar-refractivity contribution in [2.75, 3.05) is 20.2 Å². The number of aromatic nitrogens is 2. The van der Waals surface area contributed by atoms with E-state index in [0.29, 0.717) is 24.3 Å². The smallest absolute Gasteiger partial charge is 0.421 e. The molecule has 1 saturated heterocycles. The number of piperidine rings is 1. The van der Waals surface area contributed by atoms with Crippen LogP contribution in [-0.4, -0.2) is 40.6 Å². The Kier molecular flexibility index (Phi) is 5.04. The Balaban J connectivity index is 1.36. The van der Waals surface area contributed by atoms with Crippen LogP contribution in [0, 0.1) is 0 Å². The Hall–Kier alpha value is -3.09. The first-order valence-electron chi connectivity index (χ1n) is 11.0. The van der Waals surface area contributed by atoms with Crippen LogP contribution in [0.4, 0.5) is 0 Å². The van der Waals surface area contributed by atoms with Gasteiger partial charge < -0.3 is 14.1 Å². The van der Waals surface area contributed by atoms with E-state index in [1.54, 1.807) is 30.0 Å². The number of benzene rings is 1. The molecule has 0 spiro atoms. The van der Waals surface area contributed by atoms with Gasteiger partial charge in [0.2, 0.25) is 5.91 Å². The minimum absolute atomic E-state index is 0.00628. The van der Waals surface area contributed by atoms with Gasteiger partial charge in [0.25, 0.3) is 0 Å². The number of carbonyl (C=O) groups excluding carboxylic acids is 1. The van der Waals surface area contributed by atoms with Crippen LogP contribution >= 0.6 is 0 Å². The van der Waals surface area contributed by atoms with Crippen LogP contribution in [0.25, 0.3) is 11.2 Å². The molecule has 2 aliphatic rings. The molecule has 7 nitrogen and oxygen atoms in total. The maximum absolute atomic E-state index is 13.7. The fraction of sp³-hybridized carbons (Fsp3) is 0.458. The number of fused-ring (bicyclic) bond motifs is 1. The van der Waals surface area contributed by atoms with Crippen molar-refractivity contribution in [3.05, 3.63) is 58.7 Å². The van der Waals surface area contributed by atoms with Crippen molar-refractivity contribution in [2.45, 2.75) is 50.0 Å². The first kappa shape index (κ1) is 19.8. The van der Waals surface area contributed by atoms with Gasteiger partial charge in [-0.2, -0.15) is 0 Å². The Morgan fingerprint density at radius 2 is 1.84 bits per heavy atom. The summed E-state index contributed by atoms with van der Waals surface area (Å²) >= 11 is 0. The number of rotatable bonds is 4. The van der Waals surface area contributed by atoms with Gasteiger partial charge in [-0.3, -0.25) is 9.36 Å². The zero-order chi connectivity index (χ0) is 21.4. The maximum Gasteiger partial charge on any atom is 0.421 e. The molecule has 7 heteroatoms. The summed E-state index contributed by atoms with van der Waals surface area (Å²) in [6.45, 7) is 1.26. The molecule has 2 fully saturated rings. The summed E-state index contributed by atoms with van der Waals surface area (Å²) in [7, 11) is 1.65. The number of hydrogen-bond donors (Lipinski definition) is 0. The van der Waals surface area contributed by atoms with Gasteiger partial charge in [0.05, 0.1) is 12.5 Å². The van der Waals surface area contributed by atoms with E-state index in [1.165, 1.54) is 0 Å². The fourth-order valence-corrected chi connectivity index (χ4v) is 5.34. The molecule has 1 aromatic carbocycles. The molecule has 1 saturated carbocycles. The molecule has 0 bridgehead atoms. The third-order valence-corrected chi connectivity index (χ3v) is 7.00. The van der Waals surface area contributed by atoms with Gasteiger partial charge in [0, 0.05) is 25.3 Å². The molecular formula is C24H27N3O4. The summed E-state index contributed by atoms with van der Waals surface area (Å²) in [6.07, 6.45) is 7.00. The van der Waals surface area contributed by atoms with E-state index in [0.717, 1.165) is 49.8 Å². The van der Waals surface area contributed by atoms with Gasteiger partial charge >= 0.3 is 5.76 Å². The summed E-state index contributed by atoms with van der Waals surface area (Å²) in [5.74, 6) is 0.650. The average molecular weight is 421 g/mol. The van der Waals surface area contributed by atoms with E-state index in [-0.39, 0.29) is 17.7 Å². The van der Waals surface area contributed by atoms with Crippen LogP contribution in [0.2, 0.25) is 0 Å². The zero-order valence-electron chi connectivity index (χ0n) is 17.8. The number of nitrogens with zero attached hydrogens (tertiary/aromatic N) is 3. The van der Waals surface area contributed by atoms with Crippen LogP contribution in [-0.2, 0) is 10.2 Å². The Labute approximate surface area is 180 Å². The molecule has 3 aromatic rings. The van der Waals surface area contributed by atoms with Crippen molar-refractivity contribution in [1.29, 1.82) is 0 Å². The second-order valence-corrected chi connectivity index (χ2v) is 8.60. The molecule has 5 rings (SSSR count). The molecule has 3 heterocycles. The molecule has 0 radical (unpaired) electrons. The topological polar surface area (TPSA) is 77.6 Å². The lowest BCUT2D eigenvalue weighted by molar-refractivity contribution is -0.138. The highest BCUT2D eigenvalue weighted by molar-refractivity contribution is 5.88. The fourth-order valence-electron chi connectivity index (χ4n) is 5.34. The van der Waals surface area contributed by atoms with Crippen molar-refractivity contribution in [1.82, 2.24) is 14.5 Å². The number of pyridine rings is 1. The number of carbonyl (C=O) groups is 1. The van der Waals surface area contributed by atoms with Gasteiger partial charge in [0.15, 0.2) is 11.2 Å². The van der Waals surface area contributed by atoms with Crippen LogP contribution in [0.5, 0.6) is 5.75 Å². The van der Waals surface area contributed by atoms with Crippen molar-refractivity contribution in [3.63, 3.8) is 0 Å². The lowest BCUT2D eigenvalue weighted by Gasteiger charge is -2.39. The number of likely N-dealkylation sites (tertiary alicyclic amines) is 1.